The fourth-order valence-electron chi connectivity index (χ4n) is 2.37. The fraction of sp³-hybridized carbons (Fsp3) is 0.688. The molecule has 0 amide bonds. The molecule has 0 fully saturated rings. The van der Waals surface area contributed by atoms with Crippen LogP contribution < -0.4 is 10.1 Å². The van der Waals surface area contributed by atoms with Crippen molar-refractivity contribution in [2.24, 2.45) is 5.92 Å². The van der Waals surface area contributed by atoms with E-state index in [4.69, 9.17) is 4.74 Å². The van der Waals surface area contributed by atoms with E-state index in [2.05, 4.69) is 37.1 Å². The van der Waals surface area contributed by atoms with Gasteiger partial charge in [-0.15, -0.1) is 0 Å². The Kier molecular flexibility index (Phi) is 7.49. The lowest BCUT2D eigenvalue weighted by Gasteiger charge is -2.25. The minimum atomic E-state index is 0.537. The first-order valence-electron chi connectivity index (χ1n) is 7.43. The molecule has 1 heterocycles. The third-order valence-electron chi connectivity index (χ3n) is 3.55. The van der Waals surface area contributed by atoms with Gasteiger partial charge in [-0.25, -0.2) is 4.98 Å². The van der Waals surface area contributed by atoms with E-state index >= 15 is 0 Å². The zero-order chi connectivity index (χ0) is 14.1. The number of pyridine rings is 1. The summed E-state index contributed by atoms with van der Waals surface area (Å²) < 4.78 is 5.10. The second kappa shape index (κ2) is 8.92. The van der Waals surface area contributed by atoms with E-state index in [0.29, 0.717) is 17.8 Å². The largest absolute Gasteiger partial charge is 0.481 e. The fourth-order valence-corrected chi connectivity index (χ4v) is 2.37. The first-order valence-corrected chi connectivity index (χ1v) is 7.43. The summed E-state index contributed by atoms with van der Waals surface area (Å²) in [5, 5.41) is 3.67. The van der Waals surface area contributed by atoms with E-state index in [0.717, 1.165) is 13.0 Å². The molecule has 108 valence electrons. The maximum atomic E-state index is 5.10. The van der Waals surface area contributed by atoms with Gasteiger partial charge >= 0.3 is 0 Å². The smallest absolute Gasteiger partial charge is 0.212 e. The zero-order valence-electron chi connectivity index (χ0n) is 12.8. The highest BCUT2D eigenvalue weighted by Gasteiger charge is 2.16. The van der Waals surface area contributed by atoms with Crippen molar-refractivity contribution in [1.82, 2.24) is 10.3 Å². The molecule has 0 bridgehead atoms. The normalized spacial score (nSPS) is 14.1. The summed E-state index contributed by atoms with van der Waals surface area (Å²) in [5.41, 5.74) is 1.28. The van der Waals surface area contributed by atoms with Gasteiger partial charge in [0.25, 0.3) is 0 Å². The van der Waals surface area contributed by atoms with Gasteiger partial charge in [0, 0.05) is 18.3 Å². The minimum Gasteiger partial charge on any atom is -0.481 e. The van der Waals surface area contributed by atoms with Gasteiger partial charge in [0.2, 0.25) is 5.88 Å². The molecule has 19 heavy (non-hydrogen) atoms. The molecule has 2 atom stereocenters. The van der Waals surface area contributed by atoms with Gasteiger partial charge in [-0.05, 0) is 37.3 Å². The Hall–Kier alpha value is -1.09. The Morgan fingerprint density at radius 1 is 1.26 bits per heavy atom. The van der Waals surface area contributed by atoms with Crippen molar-refractivity contribution in [3.05, 3.63) is 23.9 Å². The quantitative estimate of drug-likeness (QED) is 0.742. The maximum absolute atomic E-state index is 5.10. The summed E-state index contributed by atoms with van der Waals surface area (Å²) in [5.74, 6) is 1.38. The number of ether oxygens (including phenoxy) is 1. The highest BCUT2D eigenvalue weighted by molar-refractivity contribution is 5.18. The molecule has 2 unspecified atom stereocenters. The third-order valence-corrected chi connectivity index (χ3v) is 3.55. The van der Waals surface area contributed by atoms with Gasteiger partial charge < -0.3 is 10.1 Å². The summed E-state index contributed by atoms with van der Waals surface area (Å²) in [6.07, 6.45) is 6.66. The molecule has 1 aromatic rings. The molecule has 1 aromatic heterocycles. The summed E-state index contributed by atoms with van der Waals surface area (Å²) in [6.45, 7) is 7.89. The molecule has 0 radical (unpaired) electrons. The van der Waals surface area contributed by atoms with E-state index < -0.39 is 0 Å². The predicted molar refractivity (Wildman–Crippen MR) is 80.6 cm³/mol. The topological polar surface area (TPSA) is 34.1 Å². The lowest BCUT2D eigenvalue weighted by molar-refractivity contribution is 0.351. The van der Waals surface area contributed by atoms with Crippen molar-refractivity contribution < 1.29 is 4.74 Å². The van der Waals surface area contributed by atoms with Crippen LogP contribution in [0.15, 0.2) is 18.3 Å². The lowest BCUT2D eigenvalue weighted by atomic mass is 9.92. The molecule has 0 saturated carbocycles. The number of methoxy groups -OCH3 is 1. The molecule has 0 aliphatic rings. The molecule has 3 nitrogen and oxygen atoms in total. The number of hydrogen-bond donors (Lipinski definition) is 1. The molecule has 0 spiro atoms. The molecular weight excluding hydrogens is 236 g/mol. The van der Waals surface area contributed by atoms with Gasteiger partial charge in [-0.3, -0.25) is 0 Å². The van der Waals surface area contributed by atoms with Crippen LogP contribution in [-0.2, 0) is 6.42 Å². The van der Waals surface area contributed by atoms with E-state index in [1.807, 2.05) is 12.3 Å². The SMILES string of the molecule is CCCNC(Cc1ccc(OC)nc1)C(C)CCC. The number of nitrogens with zero attached hydrogens (tertiary/aromatic N) is 1. The average Bonchev–Trinajstić information content (AvgIpc) is 2.44. The zero-order valence-corrected chi connectivity index (χ0v) is 12.8. The standard InChI is InChI=1S/C16H28N2O/c1-5-7-13(3)15(17-10-6-2)11-14-8-9-16(19-4)18-12-14/h8-9,12-13,15,17H,5-7,10-11H2,1-4H3. The van der Waals surface area contributed by atoms with Crippen LogP contribution in [0.1, 0.15) is 45.6 Å². The Bertz CT molecular complexity index is 337. The van der Waals surface area contributed by atoms with Gasteiger partial charge in [0.1, 0.15) is 0 Å². The van der Waals surface area contributed by atoms with Crippen LogP contribution in [0.3, 0.4) is 0 Å². The van der Waals surface area contributed by atoms with Crippen molar-refractivity contribution in [2.45, 2.75) is 52.5 Å². The first-order chi connectivity index (χ1) is 9.21. The van der Waals surface area contributed by atoms with Gasteiger partial charge in [-0.1, -0.05) is 33.3 Å². The predicted octanol–water partition coefficient (Wildman–Crippen LogP) is 3.44. The van der Waals surface area contributed by atoms with Crippen LogP contribution >= 0.6 is 0 Å². The molecule has 1 rings (SSSR count). The van der Waals surface area contributed by atoms with Crippen LogP contribution in [0.2, 0.25) is 0 Å². The second-order valence-corrected chi connectivity index (χ2v) is 5.24. The van der Waals surface area contributed by atoms with Crippen molar-refractivity contribution in [3.8, 4) is 5.88 Å². The maximum Gasteiger partial charge on any atom is 0.212 e. The molecular formula is C16H28N2O. The number of aromatic nitrogens is 1. The van der Waals surface area contributed by atoms with Crippen LogP contribution in [-0.4, -0.2) is 24.7 Å². The van der Waals surface area contributed by atoms with Crippen molar-refractivity contribution >= 4 is 0 Å². The number of hydrogen-bond acceptors (Lipinski definition) is 3. The molecule has 0 aliphatic heterocycles. The Labute approximate surface area is 117 Å². The van der Waals surface area contributed by atoms with Gasteiger partial charge in [-0.2, -0.15) is 0 Å². The molecule has 0 aliphatic carbocycles. The van der Waals surface area contributed by atoms with Crippen LogP contribution in [0, 0.1) is 5.92 Å². The summed E-state index contributed by atoms with van der Waals surface area (Å²) in [6, 6.07) is 4.59. The highest BCUT2D eigenvalue weighted by atomic mass is 16.5. The number of nitrogens with one attached hydrogen (secondary N) is 1. The number of rotatable bonds is 9. The minimum absolute atomic E-state index is 0.537. The Balaban J connectivity index is 2.63. The van der Waals surface area contributed by atoms with E-state index in [1.54, 1.807) is 7.11 Å². The van der Waals surface area contributed by atoms with Crippen molar-refractivity contribution in [1.29, 1.82) is 0 Å². The van der Waals surface area contributed by atoms with Crippen molar-refractivity contribution in [2.75, 3.05) is 13.7 Å². The van der Waals surface area contributed by atoms with Gasteiger partial charge in [0.05, 0.1) is 7.11 Å². The highest BCUT2D eigenvalue weighted by Crippen LogP contribution is 2.16. The lowest BCUT2D eigenvalue weighted by Crippen LogP contribution is -2.37. The van der Waals surface area contributed by atoms with E-state index in [-0.39, 0.29) is 0 Å². The van der Waals surface area contributed by atoms with E-state index in [9.17, 15) is 0 Å². The summed E-state index contributed by atoms with van der Waals surface area (Å²) in [7, 11) is 1.65. The first kappa shape index (κ1) is 16.0. The van der Waals surface area contributed by atoms with E-state index in [1.165, 1.54) is 24.8 Å². The molecule has 0 aromatic carbocycles. The Morgan fingerprint density at radius 3 is 2.58 bits per heavy atom. The molecule has 0 saturated heterocycles. The summed E-state index contributed by atoms with van der Waals surface area (Å²) >= 11 is 0. The van der Waals surface area contributed by atoms with Crippen molar-refractivity contribution in [3.63, 3.8) is 0 Å². The summed E-state index contributed by atoms with van der Waals surface area (Å²) in [4.78, 5) is 4.29. The average molecular weight is 264 g/mol. The van der Waals surface area contributed by atoms with Gasteiger partial charge in [0.15, 0.2) is 0 Å². The molecule has 1 N–H and O–H groups in total. The van der Waals surface area contributed by atoms with Crippen LogP contribution in [0.25, 0.3) is 0 Å². The monoisotopic (exact) mass is 264 g/mol. The Morgan fingerprint density at radius 2 is 2.05 bits per heavy atom. The molecule has 3 heteroatoms. The second-order valence-electron chi connectivity index (χ2n) is 5.24. The van der Waals surface area contributed by atoms with Crippen LogP contribution in [0.4, 0.5) is 0 Å². The third kappa shape index (κ3) is 5.60. The van der Waals surface area contributed by atoms with Crippen LogP contribution in [0.5, 0.6) is 5.88 Å².